The third-order valence-corrected chi connectivity index (χ3v) is 4.32. The van der Waals surface area contributed by atoms with Gasteiger partial charge >= 0.3 is 0 Å². The third-order valence-electron chi connectivity index (χ3n) is 3.10. The number of aromatic nitrogens is 3. The van der Waals surface area contributed by atoms with Crippen LogP contribution in [-0.4, -0.2) is 21.3 Å². The topological polar surface area (TPSA) is 42.7 Å². The third kappa shape index (κ3) is 2.52. The van der Waals surface area contributed by atoms with Crippen molar-refractivity contribution in [3.8, 4) is 0 Å². The fourth-order valence-electron chi connectivity index (χ4n) is 2.18. The Morgan fingerprint density at radius 3 is 3.00 bits per heavy atom. The number of hydrogen-bond donors (Lipinski definition) is 1. The summed E-state index contributed by atoms with van der Waals surface area (Å²) in [5, 5.41) is 8.95. The second-order valence-electron chi connectivity index (χ2n) is 4.37. The van der Waals surface area contributed by atoms with Gasteiger partial charge in [-0.05, 0) is 23.6 Å². The molecule has 0 aliphatic carbocycles. The molecule has 0 radical (unpaired) electrons. The first-order valence-electron chi connectivity index (χ1n) is 6.41. The molecule has 2 heterocycles. The summed E-state index contributed by atoms with van der Waals surface area (Å²) in [5.74, 6) is 0. The fraction of sp³-hybridized carbons (Fsp3) is 0.286. The molecule has 1 aromatic carbocycles. The van der Waals surface area contributed by atoms with E-state index in [1.54, 1.807) is 12.7 Å². The Morgan fingerprint density at radius 1 is 1.32 bits per heavy atom. The fourth-order valence-corrected chi connectivity index (χ4v) is 3.37. The van der Waals surface area contributed by atoms with E-state index in [4.69, 9.17) is 0 Å². The summed E-state index contributed by atoms with van der Waals surface area (Å²) < 4.78 is 3.22. The van der Waals surface area contributed by atoms with Crippen molar-refractivity contribution in [2.24, 2.45) is 0 Å². The largest absolute Gasteiger partial charge is 0.312 e. The van der Waals surface area contributed by atoms with Gasteiger partial charge in [-0.1, -0.05) is 25.1 Å². The van der Waals surface area contributed by atoms with Crippen LogP contribution < -0.4 is 5.32 Å². The van der Waals surface area contributed by atoms with Crippen LogP contribution in [0.1, 0.15) is 17.4 Å². The zero-order valence-electron chi connectivity index (χ0n) is 10.8. The molecule has 0 amide bonds. The van der Waals surface area contributed by atoms with E-state index >= 15 is 0 Å². The highest BCUT2D eigenvalue weighted by atomic mass is 32.1. The molecule has 0 saturated carbocycles. The van der Waals surface area contributed by atoms with Gasteiger partial charge in [-0.25, -0.2) is 9.67 Å². The van der Waals surface area contributed by atoms with Crippen LogP contribution in [0.25, 0.3) is 10.1 Å². The number of nitrogens with zero attached hydrogens (tertiary/aromatic N) is 3. The highest BCUT2D eigenvalue weighted by molar-refractivity contribution is 7.19. The SMILES string of the molecule is CCNCc1sc2ccccc2c1Cn1cncn1. The van der Waals surface area contributed by atoms with E-state index in [1.165, 1.54) is 20.5 Å². The van der Waals surface area contributed by atoms with Crippen LogP contribution in [0.2, 0.25) is 0 Å². The molecule has 0 unspecified atom stereocenters. The quantitative estimate of drug-likeness (QED) is 0.776. The number of rotatable bonds is 5. The van der Waals surface area contributed by atoms with Gasteiger partial charge in [0, 0.05) is 16.1 Å². The Balaban J connectivity index is 2.02. The molecule has 0 aliphatic rings. The molecule has 0 aliphatic heterocycles. The van der Waals surface area contributed by atoms with Crippen molar-refractivity contribution in [2.45, 2.75) is 20.0 Å². The standard InChI is InChI=1S/C14H16N4S/c1-2-15-7-14-12(8-18-10-16-9-17-18)11-5-3-4-6-13(11)19-14/h3-6,9-10,15H,2,7-8H2,1H3. The zero-order chi connectivity index (χ0) is 13.1. The lowest BCUT2D eigenvalue weighted by atomic mass is 10.1. The second kappa shape index (κ2) is 5.50. The molecular weight excluding hydrogens is 256 g/mol. The van der Waals surface area contributed by atoms with Crippen molar-refractivity contribution in [1.29, 1.82) is 0 Å². The minimum atomic E-state index is 0.782. The maximum atomic E-state index is 4.21. The number of nitrogens with one attached hydrogen (secondary N) is 1. The molecule has 19 heavy (non-hydrogen) atoms. The van der Waals surface area contributed by atoms with Crippen LogP contribution in [0.3, 0.4) is 0 Å². The minimum Gasteiger partial charge on any atom is -0.312 e. The van der Waals surface area contributed by atoms with Gasteiger partial charge in [-0.15, -0.1) is 11.3 Å². The van der Waals surface area contributed by atoms with Crippen molar-refractivity contribution >= 4 is 21.4 Å². The van der Waals surface area contributed by atoms with E-state index in [0.29, 0.717) is 0 Å². The average molecular weight is 272 g/mol. The highest BCUT2D eigenvalue weighted by Gasteiger charge is 2.12. The first-order chi connectivity index (χ1) is 9.38. The summed E-state index contributed by atoms with van der Waals surface area (Å²) >= 11 is 1.86. The lowest BCUT2D eigenvalue weighted by Gasteiger charge is -2.05. The molecule has 0 spiro atoms. The molecule has 0 fully saturated rings. The smallest absolute Gasteiger partial charge is 0.137 e. The number of thiophene rings is 1. The Kier molecular flexibility index (Phi) is 3.57. The lowest BCUT2D eigenvalue weighted by molar-refractivity contribution is 0.673. The molecule has 2 aromatic heterocycles. The molecule has 1 N–H and O–H groups in total. The van der Waals surface area contributed by atoms with E-state index < -0.39 is 0 Å². The summed E-state index contributed by atoms with van der Waals surface area (Å²) in [6.45, 7) is 4.81. The van der Waals surface area contributed by atoms with Gasteiger partial charge < -0.3 is 5.32 Å². The predicted octanol–water partition coefficient (Wildman–Crippen LogP) is 2.65. The van der Waals surface area contributed by atoms with Gasteiger partial charge in [0.1, 0.15) is 12.7 Å². The van der Waals surface area contributed by atoms with Gasteiger partial charge in [0.15, 0.2) is 0 Å². The maximum Gasteiger partial charge on any atom is 0.137 e. The van der Waals surface area contributed by atoms with E-state index in [-0.39, 0.29) is 0 Å². The Hall–Kier alpha value is -1.72. The van der Waals surface area contributed by atoms with Crippen molar-refractivity contribution < 1.29 is 0 Å². The van der Waals surface area contributed by atoms with Crippen LogP contribution in [-0.2, 0) is 13.1 Å². The molecule has 5 heteroatoms. The Morgan fingerprint density at radius 2 is 2.21 bits per heavy atom. The van der Waals surface area contributed by atoms with Crippen LogP contribution in [0.5, 0.6) is 0 Å². The van der Waals surface area contributed by atoms with Gasteiger partial charge in [0.25, 0.3) is 0 Å². The average Bonchev–Trinajstić information content (AvgIpc) is 3.06. The molecule has 3 rings (SSSR count). The lowest BCUT2D eigenvalue weighted by Crippen LogP contribution is -2.12. The van der Waals surface area contributed by atoms with Gasteiger partial charge in [-0.2, -0.15) is 5.10 Å². The van der Waals surface area contributed by atoms with Crippen molar-refractivity contribution in [3.05, 3.63) is 47.4 Å². The van der Waals surface area contributed by atoms with Gasteiger partial charge in [0.05, 0.1) is 6.54 Å². The van der Waals surface area contributed by atoms with Crippen molar-refractivity contribution in [3.63, 3.8) is 0 Å². The normalized spacial score (nSPS) is 11.2. The number of hydrogen-bond acceptors (Lipinski definition) is 4. The first kappa shape index (κ1) is 12.3. The summed E-state index contributed by atoms with van der Waals surface area (Å²) in [6, 6.07) is 8.56. The molecule has 0 bridgehead atoms. The molecule has 0 atom stereocenters. The van der Waals surface area contributed by atoms with E-state index in [0.717, 1.165) is 19.6 Å². The minimum absolute atomic E-state index is 0.782. The highest BCUT2D eigenvalue weighted by Crippen LogP contribution is 2.31. The number of fused-ring (bicyclic) bond motifs is 1. The monoisotopic (exact) mass is 272 g/mol. The predicted molar refractivity (Wildman–Crippen MR) is 78.3 cm³/mol. The summed E-state index contributed by atoms with van der Waals surface area (Å²) in [6.07, 6.45) is 3.35. The van der Waals surface area contributed by atoms with E-state index in [1.807, 2.05) is 16.0 Å². The van der Waals surface area contributed by atoms with Crippen molar-refractivity contribution in [2.75, 3.05) is 6.54 Å². The van der Waals surface area contributed by atoms with Crippen LogP contribution in [0.4, 0.5) is 0 Å². The molecule has 4 nitrogen and oxygen atoms in total. The summed E-state index contributed by atoms with van der Waals surface area (Å²) in [4.78, 5) is 5.40. The summed E-state index contributed by atoms with van der Waals surface area (Å²) in [5.41, 5.74) is 1.35. The Labute approximate surface area is 116 Å². The van der Waals surface area contributed by atoms with Crippen LogP contribution in [0.15, 0.2) is 36.9 Å². The van der Waals surface area contributed by atoms with E-state index in [9.17, 15) is 0 Å². The first-order valence-corrected chi connectivity index (χ1v) is 7.22. The number of benzene rings is 1. The van der Waals surface area contributed by atoms with Gasteiger partial charge in [0.2, 0.25) is 0 Å². The Bertz CT molecular complexity index is 657. The second-order valence-corrected chi connectivity index (χ2v) is 5.51. The molecular formula is C14H16N4S. The van der Waals surface area contributed by atoms with Gasteiger partial charge in [-0.3, -0.25) is 0 Å². The van der Waals surface area contributed by atoms with Crippen molar-refractivity contribution in [1.82, 2.24) is 20.1 Å². The van der Waals surface area contributed by atoms with Crippen LogP contribution >= 0.6 is 11.3 Å². The maximum absolute atomic E-state index is 4.21. The molecule has 0 saturated heterocycles. The molecule has 3 aromatic rings. The summed E-state index contributed by atoms with van der Waals surface area (Å²) in [7, 11) is 0. The zero-order valence-corrected chi connectivity index (χ0v) is 11.7. The van der Waals surface area contributed by atoms with Crippen LogP contribution in [0, 0.1) is 0 Å². The molecule has 98 valence electrons. The van der Waals surface area contributed by atoms with E-state index in [2.05, 4.69) is 46.6 Å².